The zero-order valence-electron chi connectivity index (χ0n) is 15.1. The van der Waals surface area contributed by atoms with Crippen molar-refractivity contribution < 1.29 is 9.13 Å². The van der Waals surface area contributed by atoms with Gasteiger partial charge >= 0.3 is 0 Å². The third-order valence-corrected chi connectivity index (χ3v) is 5.25. The first kappa shape index (κ1) is 18.6. The molecule has 0 atom stereocenters. The maximum absolute atomic E-state index is 13.3. The van der Waals surface area contributed by atoms with Crippen LogP contribution in [-0.4, -0.2) is 18.3 Å². The molecule has 5 heteroatoms. The largest absolute Gasteiger partial charge is 0.494 e. The molecule has 3 nitrogen and oxygen atoms in total. The second-order valence-electron chi connectivity index (χ2n) is 6.76. The van der Waals surface area contributed by atoms with Crippen LogP contribution in [0.15, 0.2) is 48.5 Å². The Labute approximate surface area is 160 Å². The quantitative estimate of drug-likeness (QED) is 0.698. The van der Waals surface area contributed by atoms with Gasteiger partial charge in [0.25, 0.3) is 0 Å². The van der Waals surface area contributed by atoms with Gasteiger partial charge in [0.1, 0.15) is 11.6 Å². The molecule has 3 rings (SSSR count). The molecule has 0 bridgehead atoms. The molecule has 0 aromatic heterocycles. The van der Waals surface area contributed by atoms with Crippen LogP contribution in [0.25, 0.3) is 0 Å². The van der Waals surface area contributed by atoms with Crippen molar-refractivity contribution in [3.63, 3.8) is 0 Å². The van der Waals surface area contributed by atoms with Gasteiger partial charge in [-0.15, -0.1) is 0 Å². The summed E-state index contributed by atoms with van der Waals surface area (Å²) >= 11 is 5.48. The maximum Gasteiger partial charge on any atom is 0.170 e. The smallest absolute Gasteiger partial charge is 0.170 e. The first-order valence-corrected chi connectivity index (χ1v) is 9.56. The van der Waals surface area contributed by atoms with E-state index in [-0.39, 0.29) is 11.2 Å². The monoisotopic (exact) mass is 372 g/mol. The molecule has 0 heterocycles. The third kappa shape index (κ3) is 4.52. The zero-order valence-corrected chi connectivity index (χ0v) is 15.9. The molecule has 1 fully saturated rings. The van der Waals surface area contributed by atoms with E-state index in [0.717, 1.165) is 30.8 Å². The Hall–Kier alpha value is -2.14. The van der Waals surface area contributed by atoms with E-state index in [1.54, 1.807) is 12.1 Å². The van der Waals surface area contributed by atoms with Crippen molar-refractivity contribution in [2.45, 2.75) is 38.0 Å². The van der Waals surface area contributed by atoms with Crippen molar-refractivity contribution in [1.29, 1.82) is 0 Å². The number of hydrogen-bond donors (Lipinski definition) is 2. The van der Waals surface area contributed by atoms with Gasteiger partial charge in [-0.25, -0.2) is 4.39 Å². The van der Waals surface area contributed by atoms with E-state index in [1.807, 2.05) is 43.3 Å². The van der Waals surface area contributed by atoms with Crippen LogP contribution in [0.2, 0.25) is 0 Å². The van der Waals surface area contributed by atoms with Gasteiger partial charge in [0.05, 0.1) is 6.61 Å². The maximum atomic E-state index is 13.3. The second-order valence-corrected chi connectivity index (χ2v) is 7.17. The fourth-order valence-electron chi connectivity index (χ4n) is 3.68. The van der Waals surface area contributed by atoms with Gasteiger partial charge in [0.2, 0.25) is 0 Å². The lowest BCUT2D eigenvalue weighted by atomic mass is 9.79. The molecule has 2 aromatic rings. The molecule has 0 saturated heterocycles. The molecule has 0 amide bonds. The van der Waals surface area contributed by atoms with Gasteiger partial charge in [0, 0.05) is 23.7 Å². The van der Waals surface area contributed by atoms with E-state index < -0.39 is 0 Å². The Kier molecular flexibility index (Phi) is 6.09. The number of thiocarbonyl (C=S) groups is 1. The normalized spacial score (nSPS) is 15.5. The van der Waals surface area contributed by atoms with E-state index in [4.69, 9.17) is 17.0 Å². The van der Waals surface area contributed by atoms with E-state index in [9.17, 15) is 4.39 Å². The van der Waals surface area contributed by atoms with Gasteiger partial charge in [-0.05, 0) is 61.8 Å². The van der Waals surface area contributed by atoms with Crippen LogP contribution < -0.4 is 15.4 Å². The summed E-state index contributed by atoms with van der Waals surface area (Å²) in [5, 5.41) is 7.18. The third-order valence-electron chi connectivity index (χ3n) is 5.01. The number of rotatable bonds is 6. The number of halogens is 1. The Balaban J connectivity index is 1.63. The standard InChI is InChI=1S/C21H25FN2OS/c1-2-25-19-7-5-6-18(14-19)24-20(26)23-15-21(12-3-4-13-21)16-8-10-17(22)11-9-16/h5-11,14H,2-4,12-13,15H2,1H3,(H2,23,24,26). The molecule has 0 aliphatic heterocycles. The van der Waals surface area contributed by atoms with Gasteiger partial charge in [0.15, 0.2) is 5.11 Å². The summed E-state index contributed by atoms with van der Waals surface area (Å²) in [5.41, 5.74) is 2.10. The highest BCUT2D eigenvalue weighted by Crippen LogP contribution is 2.40. The zero-order chi connectivity index (χ0) is 18.4. The fraction of sp³-hybridized carbons (Fsp3) is 0.381. The summed E-state index contributed by atoms with van der Waals surface area (Å²) in [7, 11) is 0. The highest BCUT2D eigenvalue weighted by molar-refractivity contribution is 7.80. The molecular formula is C21H25FN2OS. The van der Waals surface area contributed by atoms with Gasteiger partial charge in [-0.1, -0.05) is 31.0 Å². The predicted molar refractivity (Wildman–Crippen MR) is 108 cm³/mol. The first-order chi connectivity index (χ1) is 12.6. The van der Waals surface area contributed by atoms with E-state index in [2.05, 4.69) is 10.6 Å². The van der Waals surface area contributed by atoms with Crippen LogP contribution in [0.3, 0.4) is 0 Å². The van der Waals surface area contributed by atoms with Crippen molar-refractivity contribution in [3.8, 4) is 5.75 Å². The molecule has 2 aromatic carbocycles. The molecule has 0 spiro atoms. The Bertz CT molecular complexity index is 742. The first-order valence-electron chi connectivity index (χ1n) is 9.15. The van der Waals surface area contributed by atoms with Gasteiger partial charge < -0.3 is 15.4 Å². The second kappa shape index (κ2) is 8.49. The van der Waals surface area contributed by atoms with Crippen LogP contribution in [0.5, 0.6) is 5.75 Å². The molecule has 1 saturated carbocycles. The van der Waals surface area contributed by atoms with Gasteiger partial charge in [-0.2, -0.15) is 0 Å². The summed E-state index contributed by atoms with van der Waals surface area (Å²) in [6, 6.07) is 14.7. The van der Waals surface area contributed by atoms with E-state index >= 15 is 0 Å². The van der Waals surface area contributed by atoms with Crippen LogP contribution in [0, 0.1) is 5.82 Å². The Morgan fingerprint density at radius 2 is 1.88 bits per heavy atom. The van der Waals surface area contributed by atoms with Crippen LogP contribution in [0.4, 0.5) is 10.1 Å². The molecule has 138 valence electrons. The minimum atomic E-state index is -0.193. The Morgan fingerprint density at radius 1 is 1.15 bits per heavy atom. The molecule has 1 aliphatic carbocycles. The predicted octanol–water partition coefficient (Wildman–Crippen LogP) is 5.02. The van der Waals surface area contributed by atoms with Crippen molar-refractivity contribution in [3.05, 3.63) is 59.9 Å². The highest BCUT2D eigenvalue weighted by atomic mass is 32.1. The summed E-state index contributed by atoms with van der Waals surface area (Å²) in [6.07, 6.45) is 4.56. The summed E-state index contributed by atoms with van der Waals surface area (Å²) < 4.78 is 18.8. The minimum absolute atomic E-state index is 0.0204. The number of nitrogens with one attached hydrogen (secondary N) is 2. The molecule has 2 N–H and O–H groups in total. The lowest BCUT2D eigenvalue weighted by molar-refractivity contribution is 0.340. The molecule has 0 radical (unpaired) electrons. The molecule has 26 heavy (non-hydrogen) atoms. The summed E-state index contributed by atoms with van der Waals surface area (Å²) in [5.74, 6) is 0.625. The highest BCUT2D eigenvalue weighted by Gasteiger charge is 2.35. The van der Waals surface area contributed by atoms with Gasteiger partial charge in [-0.3, -0.25) is 0 Å². The van der Waals surface area contributed by atoms with E-state index in [1.165, 1.54) is 18.4 Å². The minimum Gasteiger partial charge on any atom is -0.494 e. The van der Waals surface area contributed by atoms with Crippen molar-refractivity contribution in [2.24, 2.45) is 0 Å². The average Bonchev–Trinajstić information content (AvgIpc) is 3.11. The van der Waals surface area contributed by atoms with Crippen LogP contribution in [0.1, 0.15) is 38.2 Å². The number of anilines is 1. The number of benzene rings is 2. The van der Waals surface area contributed by atoms with E-state index in [0.29, 0.717) is 11.7 Å². The van der Waals surface area contributed by atoms with Crippen molar-refractivity contribution in [2.75, 3.05) is 18.5 Å². The van der Waals surface area contributed by atoms with Crippen LogP contribution in [-0.2, 0) is 5.41 Å². The molecule has 1 aliphatic rings. The fourth-order valence-corrected chi connectivity index (χ4v) is 3.87. The summed E-state index contributed by atoms with van der Waals surface area (Å²) in [6.45, 7) is 3.34. The SMILES string of the molecule is CCOc1cccc(NC(=S)NCC2(c3ccc(F)cc3)CCCC2)c1. The summed E-state index contributed by atoms with van der Waals surface area (Å²) in [4.78, 5) is 0. The number of ether oxygens (including phenoxy) is 1. The molecule has 0 unspecified atom stereocenters. The lowest BCUT2D eigenvalue weighted by Gasteiger charge is -2.30. The topological polar surface area (TPSA) is 33.3 Å². The van der Waals surface area contributed by atoms with Crippen molar-refractivity contribution >= 4 is 23.0 Å². The van der Waals surface area contributed by atoms with Crippen LogP contribution >= 0.6 is 12.2 Å². The average molecular weight is 373 g/mol. The Morgan fingerprint density at radius 3 is 2.58 bits per heavy atom. The lowest BCUT2D eigenvalue weighted by Crippen LogP contribution is -2.40. The van der Waals surface area contributed by atoms with Crippen molar-refractivity contribution in [1.82, 2.24) is 5.32 Å². The molecular weight excluding hydrogens is 347 g/mol. The number of hydrogen-bond acceptors (Lipinski definition) is 2.